The third kappa shape index (κ3) is 5.18. The van der Waals surface area contributed by atoms with Crippen molar-refractivity contribution < 1.29 is 14.3 Å². The Balaban J connectivity index is 1.41. The second-order valence-corrected chi connectivity index (χ2v) is 7.74. The first-order valence-corrected chi connectivity index (χ1v) is 10.7. The zero-order valence-corrected chi connectivity index (χ0v) is 18.6. The van der Waals surface area contributed by atoms with Crippen LogP contribution in [0.1, 0.15) is 32.9 Å². The molecule has 0 aliphatic rings. The number of aryl methyl sites for hydroxylation is 1. The SMILES string of the molecule is Cc1nn(-c2ccccc2)c(C)c1C(=O)OCC(=O)Nc1ccccc1Cc1ccccc1. The number of aromatic nitrogens is 2. The summed E-state index contributed by atoms with van der Waals surface area (Å²) in [6.45, 7) is 3.18. The summed E-state index contributed by atoms with van der Waals surface area (Å²) in [7, 11) is 0. The van der Waals surface area contributed by atoms with E-state index in [4.69, 9.17) is 4.74 Å². The van der Waals surface area contributed by atoms with Gasteiger partial charge in [-0.05, 0) is 49.6 Å². The standard InChI is InChI=1S/C27H25N3O3/c1-19-26(20(2)30(29-19)23-14-7-4-8-15-23)27(32)33-18-25(31)28-24-16-10-9-13-22(24)17-21-11-5-3-6-12-21/h3-16H,17-18H2,1-2H3,(H,28,31). The maximum Gasteiger partial charge on any atom is 0.342 e. The fourth-order valence-electron chi connectivity index (χ4n) is 3.76. The van der Waals surface area contributed by atoms with E-state index >= 15 is 0 Å². The van der Waals surface area contributed by atoms with Gasteiger partial charge >= 0.3 is 5.97 Å². The normalized spacial score (nSPS) is 10.6. The molecule has 6 heteroatoms. The minimum absolute atomic E-state index is 0.371. The molecule has 1 aromatic heterocycles. The average molecular weight is 440 g/mol. The maximum absolute atomic E-state index is 12.7. The number of nitrogens with one attached hydrogen (secondary N) is 1. The number of carbonyl (C=O) groups excluding carboxylic acids is 2. The zero-order valence-electron chi connectivity index (χ0n) is 18.6. The van der Waals surface area contributed by atoms with Crippen molar-refractivity contribution in [3.63, 3.8) is 0 Å². The molecule has 1 amide bonds. The molecule has 4 aromatic rings. The van der Waals surface area contributed by atoms with Crippen LogP contribution in [0.4, 0.5) is 5.69 Å². The van der Waals surface area contributed by atoms with Crippen LogP contribution in [0.3, 0.4) is 0 Å². The van der Waals surface area contributed by atoms with Crippen molar-refractivity contribution in [2.45, 2.75) is 20.3 Å². The Morgan fingerprint density at radius 3 is 2.24 bits per heavy atom. The lowest BCUT2D eigenvalue weighted by Crippen LogP contribution is -2.22. The highest BCUT2D eigenvalue weighted by Gasteiger charge is 2.21. The number of hydrogen-bond donors (Lipinski definition) is 1. The summed E-state index contributed by atoms with van der Waals surface area (Å²) in [4.78, 5) is 25.3. The number of rotatable bonds is 7. The summed E-state index contributed by atoms with van der Waals surface area (Å²) in [6, 6.07) is 27.2. The van der Waals surface area contributed by atoms with Crippen LogP contribution in [0.15, 0.2) is 84.9 Å². The number of ether oxygens (including phenoxy) is 1. The summed E-state index contributed by atoms with van der Waals surface area (Å²) in [6.07, 6.45) is 0.689. The zero-order chi connectivity index (χ0) is 23.2. The van der Waals surface area contributed by atoms with Gasteiger partial charge < -0.3 is 10.1 Å². The Kier molecular flexibility index (Phi) is 6.64. The lowest BCUT2D eigenvalue weighted by Gasteiger charge is -2.12. The topological polar surface area (TPSA) is 73.2 Å². The van der Waals surface area contributed by atoms with Gasteiger partial charge in [-0.15, -0.1) is 0 Å². The van der Waals surface area contributed by atoms with Crippen molar-refractivity contribution in [1.29, 1.82) is 0 Å². The van der Waals surface area contributed by atoms with Crippen molar-refractivity contribution >= 4 is 17.6 Å². The third-order valence-electron chi connectivity index (χ3n) is 5.36. The summed E-state index contributed by atoms with van der Waals surface area (Å²) < 4.78 is 7.03. The Morgan fingerprint density at radius 2 is 1.52 bits per heavy atom. The van der Waals surface area contributed by atoms with Gasteiger partial charge in [0.15, 0.2) is 6.61 Å². The van der Waals surface area contributed by atoms with Gasteiger partial charge in [-0.1, -0.05) is 66.7 Å². The molecular weight excluding hydrogens is 414 g/mol. The molecule has 3 aromatic carbocycles. The monoisotopic (exact) mass is 439 g/mol. The van der Waals surface area contributed by atoms with E-state index in [0.29, 0.717) is 29.1 Å². The molecule has 0 unspecified atom stereocenters. The number of anilines is 1. The number of amides is 1. The molecule has 0 radical (unpaired) electrons. The summed E-state index contributed by atoms with van der Waals surface area (Å²) in [5, 5.41) is 7.32. The van der Waals surface area contributed by atoms with Gasteiger partial charge in [0.05, 0.1) is 17.1 Å². The van der Waals surface area contributed by atoms with Crippen LogP contribution in [0, 0.1) is 13.8 Å². The number of benzene rings is 3. The molecule has 0 bridgehead atoms. The maximum atomic E-state index is 12.7. The van der Waals surface area contributed by atoms with Crippen molar-refractivity contribution in [2.75, 3.05) is 11.9 Å². The van der Waals surface area contributed by atoms with Gasteiger partial charge in [-0.3, -0.25) is 4.79 Å². The summed E-state index contributed by atoms with van der Waals surface area (Å²) in [5.74, 6) is -0.963. The molecule has 0 spiro atoms. The van der Waals surface area contributed by atoms with Gasteiger partial charge in [0.1, 0.15) is 5.56 Å². The molecule has 166 valence electrons. The molecule has 0 aliphatic heterocycles. The second-order valence-electron chi connectivity index (χ2n) is 7.74. The van der Waals surface area contributed by atoms with Crippen molar-refractivity contribution in [1.82, 2.24) is 9.78 Å². The van der Waals surface area contributed by atoms with Crippen LogP contribution in [0.5, 0.6) is 0 Å². The van der Waals surface area contributed by atoms with Gasteiger partial charge in [-0.25, -0.2) is 9.48 Å². The third-order valence-corrected chi connectivity index (χ3v) is 5.36. The van der Waals surface area contributed by atoms with Gasteiger partial charge in [-0.2, -0.15) is 5.10 Å². The molecule has 1 N–H and O–H groups in total. The smallest absolute Gasteiger partial charge is 0.342 e. The number of para-hydroxylation sites is 2. The first-order valence-electron chi connectivity index (χ1n) is 10.7. The molecular formula is C27H25N3O3. The van der Waals surface area contributed by atoms with E-state index in [9.17, 15) is 9.59 Å². The molecule has 4 rings (SSSR count). The van der Waals surface area contributed by atoms with Crippen LogP contribution in [0.2, 0.25) is 0 Å². The van der Waals surface area contributed by atoms with E-state index in [0.717, 1.165) is 16.8 Å². The highest BCUT2D eigenvalue weighted by Crippen LogP contribution is 2.20. The van der Waals surface area contributed by atoms with Crippen LogP contribution in [-0.2, 0) is 16.0 Å². The number of carbonyl (C=O) groups is 2. The van der Waals surface area contributed by atoms with E-state index in [1.807, 2.05) is 91.9 Å². The second kappa shape index (κ2) is 9.96. The molecule has 0 saturated carbocycles. The Morgan fingerprint density at radius 1 is 0.879 bits per heavy atom. The fourth-order valence-corrected chi connectivity index (χ4v) is 3.76. The molecule has 6 nitrogen and oxygen atoms in total. The molecule has 0 aliphatic carbocycles. The number of nitrogens with zero attached hydrogens (tertiary/aromatic N) is 2. The summed E-state index contributed by atoms with van der Waals surface area (Å²) >= 11 is 0. The highest BCUT2D eigenvalue weighted by molar-refractivity contribution is 5.97. The lowest BCUT2D eigenvalue weighted by atomic mass is 10.0. The molecule has 0 saturated heterocycles. The van der Waals surface area contributed by atoms with E-state index in [2.05, 4.69) is 10.4 Å². The lowest BCUT2D eigenvalue weighted by molar-refractivity contribution is -0.119. The predicted molar refractivity (Wildman–Crippen MR) is 128 cm³/mol. The Hall–Kier alpha value is -4.19. The predicted octanol–water partition coefficient (Wildman–Crippen LogP) is 4.88. The van der Waals surface area contributed by atoms with E-state index < -0.39 is 11.9 Å². The van der Waals surface area contributed by atoms with Crippen LogP contribution >= 0.6 is 0 Å². The van der Waals surface area contributed by atoms with Gasteiger partial charge in [0.2, 0.25) is 0 Å². The summed E-state index contributed by atoms with van der Waals surface area (Å²) in [5.41, 5.74) is 5.27. The quantitative estimate of drug-likeness (QED) is 0.417. The number of hydrogen-bond acceptors (Lipinski definition) is 4. The van der Waals surface area contributed by atoms with E-state index in [1.165, 1.54) is 0 Å². The average Bonchev–Trinajstić information content (AvgIpc) is 3.14. The fraction of sp³-hybridized carbons (Fsp3) is 0.148. The van der Waals surface area contributed by atoms with Gasteiger partial charge in [0, 0.05) is 5.69 Å². The van der Waals surface area contributed by atoms with Crippen molar-refractivity contribution in [3.05, 3.63) is 113 Å². The van der Waals surface area contributed by atoms with Crippen LogP contribution < -0.4 is 5.32 Å². The molecule has 33 heavy (non-hydrogen) atoms. The first kappa shape index (κ1) is 22.0. The molecule has 0 fully saturated rings. The van der Waals surface area contributed by atoms with Crippen molar-refractivity contribution in [2.24, 2.45) is 0 Å². The van der Waals surface area contributed by atoms with Crippen molar-refractivity contribution in [3.8, 4) is 5.69 Å². The first-order chi connectivity index (χ1) is 16.0. The minimum atomic E-state index is -0.570. The number of esters is 1. The molecule has 1 heterocycles. The van der Waals surface area contributed by atoms with Gasteiger partial charge in [0.25, 0.3) is 5.91 Å². The Bertz CT molecular complexity index is 1260. The largest absolute Gasteiger partial charge is 0.452 e. The highest BCUT2D eigenvalue weighted by atomic mass is 16.5. The van der Waals surface area contributed by atoms with Crippen LogP contribution in [-0.4, -0.2) is 28.3 Å². The minimum Gasteiger partial charge on any atom is -0.452 e. The Labute approximate surface area is 192 Å². The van der Waals surface area contributed by atoms with E-state index in [1.54, 1.807) is 11.6 Å². The van der Waals surface area contributed by atoms with Crippen LogP contribution in [0.25, 0.3) is 5.69 Å². The van der Waals surface area contributed by atoms with E-state index in [-0.39, 0.29) is 6.61 Å². The molecule has 0 atom stereocenters.